The largest absolute Gasteiger partial charge is 0.314 e. The van der Waals surface area contributed by atoms with Crippen molar-refractivity contribution in [3.8, 4) is 0 Å². The summed E-state index contributed by atoms with van der Waals surface area (Å²) in [6.07, 6.45) is 8.56. The molecule has 2 aliphatic rings. The van der Waals surface area contributed by atoms with E-state index in [4.69, 9.17) is 0 Å². The molecule has 15 heavy (non-hydrogen) atoms. The lowest BCUT2D eigenvalue weighted by Crippen LogP contribution is -2.45. The zero-order valence-electron chi connectivity index (χ0n) is 10.2. The fourth-order valence-electron chi connectivity index (χ4n) is 3.16. The van der Waals surface area contributed by atoms with Gasteiger partial charge in [0.15, 0.2) is 0 Å². The quantitative estimate of drug-likeness (QED) is 0.752. The smallest absolute Gasteiger partial charge is 0.0107 e. The highest BCUT2D eigenvalue weighted by atomic mass is 15.1. The molecule has 2 saturated heterocycles. The fourth-order valence-corrected chi connectivity index (χ4v) is 3.16. The van der Waals surface area contributed by atoms with Gasteiger partial charge in [-0.3, -0.25) is 0 Å². The average molecular weight is 210 g/mol. The highest BCUT2D eigenvalue weighted by Gasteiger charge is 2.26. The molecule has 1 N–H and O–H groups in total. The molecule has 88 valence electrons. The van der Waals surface area contributed by atoms with Gasteiger partial charge in [0, 0.05) is 12.6 Å². The molecule has 2 atom stereocenters. The summed E-state index contributed by atoms with van der Waals surface area (Å²) < 4.78 is 0. The molecule has 2 nitrogen and oxygen atoms in total. The first-order chi connectivity index (χ1) is 7.40. The van der Waals surface area contributed by atoms with Gasteiger partial charge < -0.3 is 10.2 Å². The van der Waals surface area contributed by atoms with Crippen LogP contribution in [0.25, 0.3) is 0 Å². The molecule has 0 saturated carbocycles. The standard InChI is InChI=1S/C13H26N2/c1-2-15-10-6-7-12(11-15)13-8-4-3-5-9-14-13/h12-14H,2-11H2,1H3. The van der Waals surface area contributed by atoms with Gasteiger partial charge in [0.05, 0.1) is 0 Å². The van der Waals surface area contributed by atoms with Crippen molar-refractivity contribution in [2.75, 3.05) is 26.2 Å². The van der Waals surface area contributed by atoms with Crippen molar-refractivity contribution in [2.24, 2.45) is 5.92 Å². The Kier molecular flexibility index (Phi) is 4.45. The Morgan fingerprint density at radius 3 is 2.93 bits per heavy atom. The number of rotatable bonds is 2. The van der Waals surface area contributed by atoms with Crippen LogP contribution in [0.2, 0.25) is 0 Å². The van der Waals surface area contributed by atoms with E-state index in [1.54, 1.807) is 0 Å². The summed E-state index contributed by atoms with van der Waals surface area (Å²) in [7, 11) is 0. The van der Waals surface area contributed by atoms with Crippen LogP contribution in [0.5, 0.6) is 0 Å². The van der Waals surface area contributed by atoms with Gasteiger partial charge in [-0.2, -0.15) is 0 Å². The second-order valence-corrected chi connectivity index (χ2v) is 5.21. The first-order valence-corrected chi connectivity index (χ1v) is 6.86. The van der Waals surface area contributed by atoms with Crippen LogP contribution in [0.15, 0.2) is 0 Å². The van der Waals surface area contributed by atoms with Crippen LogP contribution < -0.4 is 5.32 Å². The summed E-state index contributed by atoms with van der Waals surface area (Å²) in [5, 5.41) is 3.77. The highest BCUT2D eigenvalue weighted by molar-refractivity contribution is 4.83. The van der Waals surface area contributed by atoms with Crippen LogP contribution >= 0.6 is 0 Å². The minimum absolute atomic E-state index is 0.821. The summed E-state index contributed by atoms with van der Waals surface area (Å²) >= 11 is 0. The summed E-state index contributed by atoms with van der Waals surface area (Å²) in [4.78, 5) is 2.63. The Morgan fingerprint density at radius 1 is 1.13 bits per heavy atom. The van der Waals surface area contributed by atoms with E-state index in [0.717, 1.165) is 12.0 Å². The number of piperidine rings is 1. The molecule has 0 spiro atoms. The Bertz CT molecular complexity index is 173. The molecule has 0 amide bonds. The van der Waals surface area contributed by atoms with Crippen LogP contribution in [0.4, 0.5) is 0 Å². The predicted octanol–water partition coefficient (Wildman–Crippen LogP) is 2.25. The van der Waals surface area contributed by atoms with Crippen molar-refractivity contribution < 1.29 is 0 Å². The number of hydrogen-bond donors (Lipinski definition) is 1. The second-order valence-electron chi connectivity index (χ2n) is 5.21. The number of nitrogens with zero attached hydrogens (tertiary/aromatic N) is 1. The van der Waals surface area contributed by atoms with Crippen molar-refractivity contribution in [3.05, 3.63) is 0 Å². The van der Waals surface area contributed by atoms with E-state index in [9.17, 15) is 0 Å². The molecule has 0 radical (unpaired) electrons. The van der Waals surface area contributed by atoms with Gasteiger partial charge in [0.25, 0.3) is 0 Å². The van der Waals surface area contributed by atoms with E-state index in [1.807, 2.05) is 0 Å². The third kappa shape index (κ3) is 3.18. The monoisotopic (exact) mass is 210 g/mol. The van der Waals surface area contributed by atoms with Crippen molar-refractivity contribution in [1.29, 1.82) is 0 Å². The third-order valence-electron chi connectivity index (χ3n) is 4.16. The predicted molar refractivity (Wildman–Crippen MR) is 65.1 cm³/mol. The van der Waals surface area contributed by atoms with Crippen molar-refractivity contribution >= 4 is 0 Å². The average Bonchev–Trinajstić information content (AvgIpc) is 2.58. The zero-order valence-corrected chi connectivity index (χ0v) is 10.2. The molecule has 0 aliphatic carbocycles. The minimum Gasteiger partial charge on any atom is -0.314 e. The Balaban J connectivity index is 1.84. The molecule has 2 heteroatoms. The van der Waals surface area contributed by atoms with E-state index >= 15 is 0 Å². The maximum absolute atomic E-state index is 3.77. The molecule has 0 bridgehead atoms. The van der Waals surface area contributed by atoms with E-state index in [1.165, 1.54) is 64.7 Å². The van der Waals surface area contributed by atoms with Gasteiger partial charge in [0.1, 0.15) is 0 Å². The molecule has 2 fully saturated rings. The molecule has 2 heterocycles. The molecule has 2 unspecified atom stereocenters. The lowest BCUT2D eigenvalue weighted by molar-refractivity contribution is 0.150. The summed E-state index contributed by atoms with van der Waals surface area (Å²) in [6.45, 7) is 7.47. The van der Waals surface area contributed by atoms with E-state index < -0.39 is 0 Å². The normalized spacial score (nSPS) is 35.0. The molecular formula is C13H26N2. The summed E-state index contributed by atoms with van der Waals surface area (Å²) in [6, 6.07) is 0.821. The first-order valence-electron chi connectivity index (χ1n) is 6.86. The van der Waals surface area contributed by atoms with Crippen LogP contribution in [0.1, 0.15) is 45.4 Å². The number of nitrogens with one attached hydrogen (secondary N) is 1. The van der Waals surface area contributed by atoms with Gasteiger partial charge in [-0.1, -0.05) is 19.8 Å². The Hall–Kier alpha value is -0.0800. The zero-order chi connectivity index (χ0) is 10.5. The Morgan fingerprint density at radius 2 is 2.07 bits per heavy atom. The first kappa shape index (κ1) is 11.4. The molecule has 2 aliphatic heterocycles. The molecule has 0 aromatic rings. The van der Waals surface area contributed by atoms with Crippen molar-refractivity contribution in [2.45, 2.75) is 51.5 Å². The van der Waals surface area contributed by atoms with Gasteiger partial charge >= 0.3 is 0 Å². The van der Waals surface area contributed by atoms with E-state index in [2.05, 4.69) is 17.1 Å². The van der Waals surface area contributed by atoms with Gasteiger partial charge in [0.2, 0.25) is 0 Å². The second kappa shape index (κ2) is 5.86. The number of hydrogen-bond acceptors (Lipinski definition) is 2. The molecule has 2 rings (SSSR count). The van der Waals surface area contributed by atoms with Gasteiger partial charge in [-0.15, -0.1) is 0 Å². The van der Waals surface area contributed by atoms with E-state index in [-0.39, 0.29) is 0 Å². The third-order valence-corrected chi connectivity index (χ3v) is 4.16. The minimum atomic E-state index is 0.821. The SMILES string of the molecule is CCN1CCCC(C2CCCCCN2)C1. The van der Waals surface area contributed by atoms with Crippen molar-refractivity contribution in [1.82, 2.24) is 10.2 Å². The van der Waals surface area contributed by atoms with Crippen LogP contribution in [-0.4, -0.2) is 37.1 Å². The maximum Gasteiger partial charge on any atom is 0.0107 e. The maximum atomic E-state index is 3.77. The lowest BCUT2D eigenvalue weighted by Gasteiger charge is -2.36. The molecular weight excluding hydrogens is 184 g/mol. The van der Waals surface area contributed by atoms with Gasteiger partial charge in [-0.25, -0.2) is 0 Å². The van der Waals surface area contributed by atoms with Crippen LogP contribution in [-0.2, 0) is 0 Å². The highest BCUT2D eigenvalue weighted by Crippen LogP contribution is 2.24. The number of likely N-dealkylation sites (tertiary alicyclic amines) is 1. The van der Waals surface area contributed by atoms with E-state index in [0.29, 0.717) is 0 Å². The topological polar surface area (TPSA) is 15.3 Å². The van der Waals surface area contributed by atoms with Crippen LogP contribution in [0.3, 0.4) is 0 Å². The molecule has 0 aromatic heterocycles. The summed E-state index contributed by atoms with van der Waals surface area (Å²) in [5.41, 5.74) is 0. The molecule has 0 aromatic carbocycles. The lowest BCUT2D eigenvalue weighted by atomic mass is 9.88. The van der Waals surface area contributed by atoms with Gasteiger partial charge in [-0.05, 0) is 51.2 Å². The van der Waals surface area contributed by atoms with Crippen molar-refractivity contribution in [3.63, 3.8) is 0 Å². The fraction of sp³-hybridized carbons (Fsp3) is 1.00. The Labute approximate surface area is 94.4 Å². The summed E-state index contributed by atoms with van der Waals surface area (Å²) in [5.74, 6) is 0.928. The van der Waals surface area contributed by atoms with Crippen LogP contribution in [0, 0.1) is 5.92 Å².